The van der Waals surface area contributed by atoms with Gasteiger partial charge in [-0.1, -0.05) is 12.1 Å². The van der Waals surface area contributed by atoms with Crippen molar-refractivity contribution >= 4 is 28.3 Å². The number of methoxy groups -OCH3 is 1. The third kappa shape index (κ3) is 3.16. The molecule has 1 amide bonds. The van der Waals surface area contributed by atoms with Gasteiger partial charge in [0.2, 0.25) is 5.78 Å². The highest BCUT2D eigenvalue weighted by Gasteiger charge is 2.20. The zero-order valence-electron chi connectivity index (χ0n) is 15.3. The van der Waals surface area contributed by atoms with Crippen LogP contribution in [-0.4, -0.2) is 18.8 Å². The molecule has 6 heteroatoms. The number of anilines is 1. The number of hydrogen-bond donors (Lipinski definition) is 1. The Hall–Kier alpha value is -3.80. The quantitative estimate of drug-likeness (QED) is 0.506. The van der Waals surface area contributed by atoms with Crippen LogP contribution >= 0.6 is 0 Å². The summed E-state index contributed by atoms with van der Waals surface area (Å²) in [6.45, 7) is 1.82. The third-order valence-electron chi connectivity index (χ3n) is 4.48. The van der Waals surface area contributed by atoms with E-state index in [-0.39, 0.29) is 23.2 Å². The van der Waals surface area contributed by atoms with Crippen LogP contribution in [0.4, 0.5) is 5.69 Å². The zero-order chi connectivity index (χ0) is 19.7. The maximum Gasteiger partial charge on any atom is 0.291 e. The molecule has 140 valence electrons. The van der Waals surface area contributed by atoms with Crippen molar-refractivity contribution in [1.82, 2.24) is 0 Å². The van der Waals surface area contributed by atoms with Crippen molar-refractivity contribution < 1.29 is 23.2 Å². The second-order valence-corrected chi connectivity index (χ2v) is 6.26. The average molecular weight is 375 g/mol. The molecule has 4 aromatic rings. The summed E-state index contributed by atoms with van der Waals surface area (Å²) in [7, 11) is 1.55. The van der Waals surface area contributed by atoms with Crippen LogP contribution in [0.1, 0.15) is 32.2 Å². The number of fused-ring (bicyclic) bond motifs is 1. The molecule has 0 aliphatic carbocycles. The minimum atomic E-state index is -0.349. The summed E-state index contributed by atoms with van der Waals surface area (Å²) >= 11 is 0. The van der Waals surface area contributed by atoms with E-state index < -0.39 is 0 Å². The van der Waals surface area contributed by atoms with Gasteiger partial charge < -0.3 is 18.9 Å². The fraction of sp³-hybridized carbons (Fsp3) is 0.0909. The largest absolute Gasteiger partial charge is 0.497 e. The molecule has 6 nitrogen and oxygen atoms in total. The molecule has 0 saturated heterocycles. The fourth-order valence-electron chi connectivity index (χ4n) is 3.01. The van der Waals surface area contributed by atoms with Gasteiger partial charge in [-0.05, 0) is 49.4 Å². The monoisotopic (exact) mass is 375 g/mol. The van der Waals surface area contributed by atoms with Gasteiger partial charge in [0.15, 0.2) is 11.5 Å². The highest BCUT2D eigenvalue weighted by Crippen LogP contribution is 2.30. The van der Waals surface area contributed by atoms with Crippen molar-refractivity contribution in [3.63, 3.8) is 0 Å². The molecule has 0 aliphatic heterocycles. The molecule has 0 radical (unpaired) electrons. The Labute approximate surface area is 160 Å². The Morgan fingerprint density at radius 3 is 2.64 bits per heavy atom. The van der Waals surface area contributed by atoms with E-state index in [0.717, 1.165) is 5.39 Å². The summed E-state index contributed by atoms with van der Waals surface area (Å²) in [4.78, 5) is 25.1. The Balaban J connectivity index is 1.67. The van der Waals surface area contributed by atoms with Crippen molar-refractivity contribution in [2.45, 2.75) is 6.92 Å². The highest BCUT2D eigenvalue weighted by molar-refractivity contribution is 6.11. The molecule has 0 unspecified atom stereocenters. The smallest absolute Gasteiger partial charge is 0.291 e. The first-order valence-corrected chi connectivity index (χ1v) is 8.63. The molecule has 2 aromatic carbocycles. The normalized spacial score (nSPS) is 10.8. The van der Waals surface area contributed by atoms with Gasteiger partial charge in [-0.3, -0.25) is 9.59 Å². The summed E-state index contributed by atoms with van der Waals surface area (Å²) in [6, 6.07) is 15.4. The lowest BCUT2D eigenvalue weighted by Gasteiger charge is -2.03. The molecular formula is C22H17NO5. The number of furan rings is 2. The molecule has 0 atom stereocenters. The van der Waals surface area contributed by atoms with Crippen LogP contribution in [0.3, 0.4) is 0 Å². The third-order valence-corrected chi connectivity index (χ3v) is 4.48. The van der Waals surface area contributed by atoms with Crippen molar-refractivity contribution in [1.29, 1.82) is 0 Å². The Bertz CT molecular complexity index is 1170. The summed E-state index contributed by atoms with van der Waals surface area (Å²) in [5, 5.41) is 3.53. The van der Waals surface area contributed by atoms with Gasteiger partial charge in [0, 0.05) is 22.2 Å². The van der Waals surface area contributed by atoms with Gasteiger partial charge in [-0.2, -0.15) is 0 Å². The second kappa shape index (κ2) is 7.08. The average Bonchev–Trinajstić information content (AvgIpc) is 3.36. The summed E-state index contributed by atoms with van der Waals surface area (Å²) in [6.07, 6.45) is 1.44. The standard InChI is InChI=1S/C22H17NO5/c1-13-17-12-15(23-22(25)19-7-4-10-27-19)8-9-18(17)28-21(13)20(24)14-5-3-6-16(11-14)26-2/h3-12H,1-2H3,(H,23,25). The van der Waals surface area contributed by atoms with Crippen molar-refractivity contribution in [3.8, 4) is 5.75 Å². The number of amides is 1. The molecular weight excluding hydrogens is 358 g/mol. The van der Waals surface area contributed by atoms with Crippen molar-refractivity contribution in [3.05, 3.63) is 83.5 Å². The molecule has 28 heavy (non-hydrogen) atoms. The minimum absolute atomic E-state index is 0.220. The lowest BCUT2D eigenvalue weighted by atomic mass is 10.0. The van der Waals surface area contributed by atoms with Crippen LogP contribution in [0.5, 0.6) is 5.75 Å². The number of aryl methyl sites for hydroxylation is 1. The number of nitrogens with one attached hydrogen (secondary N) is 1. The predicted octanol–water partition coefficient (Wildman–Crippen LogP) is 4.83. The van der Waals surface area contributed by atoms with Crippen LogP contribution in [-0.2, 0) is 0 Å². The maximum atomic E-state index is 12.9. The molecule has 0 aliphatic rings. The van der Waals surface area contributed by atoms with Gasteiger partial charge in [0.05, 0.1) is 13.4 Å². The van der Waals surface area contributed by atoms with Crippen LogP contribution in [0, 0.1) is 6.92 Å². The van der Waals surface area contributed by atoms with Crippen molar-refractivity contribution in [2.24, 2.45) is 0 Å². The summed E-state index contributed by atoms with van der Waals surface area (Å²) < 4.78 is 16.1. The van der Waals surface area contributed by atoms with Crippen LogP contribution in [0.15, 0.2) is 69.7 Å². The Morgan fingerprint density at radius 2 is 1.89 bits per heavy atom. The minimum Gasteiger partial charge on any atom is -0.497 e. The number of benzene rings is 2. The van der Waals surface area contributed by atoms with E-state index in [1.54, 1.807) is 61.7 Å². The number of ketones is 1. The number of carbonyl (C=O) groups excluding carboxylic acids is 2. The fourth-order valence-corrected chi connectivity index (χ4v) is 3.01. The van der Waals surface area contributed by atoms with Crippen LogP contribution in [0.2, 0.25) is 0 Å². The highest BCUT2D eigenvalue weighted by atomic mass is 16.5. The zero-order valence-corrected chi connectivity index (χ0v) is 15.3. The van der Waals surface area contributed by atoms with E-state index in [0.29, 0.717) is 28.1 Å². The maximum absolute atomic E-state index is 12.9. The molecule has 0 spiro atoms. The molecule has 0 saturated carbocycles. The molecule has 0 fully saturated rings. The molecule has 0 bridgehead atoms. The molecule has 2 aromatic heterocycles. The predicted molar refractivity (Wildman–Crippen MR) is 104 cm³/mol. The van der Waals surface area contributed by atoms with E-state index in [2.05, 4.69) is 5.32 Å². The lowest BCUT2D eigenvalue weighted by Crippen LogP contribution is -2.10. The van der Waals surface area contributed by atoms with E-state index in [1.807, 2.05) is 6.92 Å². The Morgan fingerprint density at radius 1 is 1.04 bits per heavy atom. The SMILES string of the molecule is COc1cccc(C(=O)c2oc3ccc(NC(=O)c4ccco4)cc3c2C)c1. The number of rotatable bonds is 5. The lowest BCUT2D eigenvalue weighted by molar-refractivity contribution is 0.0993. The Kier molecular flexibility index (Phi) is 4.45. The molecule has 4 rings (SSSR count). The summed E-state index contributed by atoms with van der Waals surface area (Å²) in [5.41, 5.74) is 2.34. The van der Waals surface area contributed by atoms with Gasteiger partial charge in [0.25, 0.3) is 5.91 Å². The van der Waals surface area contributed by atoms with E-state index >= 15 is 0 Å². The van der Waals surface area contributed by atoms with E-state index in [1.165, 1.54) is 6.26 Å². The van der Waals surface area contributed by atoms with Crippen LogP contribution in [0.25, 0.3) is 11.0 Å². The molecule has 2 heterocycles. The van der Waals surface area contributed by atoms with Gasteiger partial charge in [-0.15, -0.1) is 0 Å². The van der Waals surface area contributed by atoms with Gasteiger partial charge >= 0.3 is 0 Å². The van der Waals surface area contributed by atoms with Gasteiger partial charge in [-0.25, -0.2) is 0 Å². The van der Waals surface area contributed by atoms with Crippen LogP contribution < -0.4 is 10.1 Å². The molecule has 1 N–H and O–H groups in total. The number of ether oxygens (including phenoxy) is 1. The first-order chi connectivity index (χ1) is 13.6. The number of carbonyl (C=O) groups is 2. The van der Waals surface area contributed by atoms with Gasteiger partial charge in [0.1, 0.15) is 11.3 Å². The van der Waals surface area contributed by atoms with Crippen molar-refractivity contribution in [2.75, 3.05) is 12.4 Å². The first-order valence-electron chi connectivity index (χ1n) is 8.63. The topological polar surface area (TPSA) is 81.7 Å². The second-order valence-electron chi connectivity index (χ2n) is 6.26. The van der Waals surface area contributed by atoms with E-state index in [9.17, 15) is 9.59 Å². The van der Waals surface area contributed by atoms with E-state index in [4.69, 9.17) is 13.6 Å². The number of hydrogen-bond acceptors (Lipinski definition) is 5. The first kappa shape index (κ1) is 17.6. The summed E-state index contributed by atoms with van der Waals surface area (Å²) in [5.74, 6) is 0.505.